The molecule has 0 bridgehead atoms. The zero-order valence-electron chi connectivity index (χ0n) is 17.6. The zero-order valence-corrected chi connectivity index (χ0v) is 17.6. The average molecular weight is 403 g/mol. The Morgan fingerprint density at radius 2 is 1.97 bits per heavy atom. The molecule has 1 aromatic rings. The van der Waals surface area contributed by atoms with E-state index in [9.17, 15) is 14.3 Å². The van der Waals surface area contributed by atoms with E-state index < -0.39 is 12.3 Å². The lowest BCUT2D eigenvalue weighted by Crippen LogP contribution is -2.52. The predicted molar refractivity (Wildman–Crippen MR) is 109 cm³/mol. The molecule has 0 amide bonds. The molecule has 0 spiro atoms. The minimum atomic E-state index is -1.06. The van der Waals surface area contributed by atoms with Gasteiger partial charge in [0, 0.05) is 5.92 Å². The highest BCUT2D eigenvalue weighted by molar-refractivity contribution is 5.84. The van der Waals surface area contributed by atoms with Gasteiger partial charge in [0.1, 0.15) is 18.2 Å². The summed E-state index contributed by atoms with van der Waals surface area (Å²) in [6, 6.07) is 3.77. The highest BCUT2D eigenvalue weighted by atomic mass is 19.1. The van der Waals surface area contributed by atoms with Gasteiger partial charge in [0.2, 0.25) is 0 Å². The maximum atomic E-state index is 13.3. The third-order valence-corrected chi connectivity index (χ3v) is 9.67. The summed E-state index contributed by atoms with van der Waals surface area (Å²) in [5.74, 6) is 4.55. The van der Waals surface area contributed by atoms with Crippen molar-refractivity contribution in [1.82, 2.24) is 0 Å². The Labute approximate surface area is 173 Å². The van der Waals surface area contributed by atoms with Crippen LogP contribution in [0.3, 0.4) is 0 Å². The summed E-state index contributed by atoms with van der Waals surface area (Å²) in [6.45, 7) is 1.80. The second-order valence-corrected chi connectivity index (χ2v) is 10.9. The molecule has 4 heteroatoms. The van der Waals surface area contributed by atoms with E-state index in [4.69, 9.17) is 4.42 Å². The molecule has 0 unspecified atom stereocenters. The van der Waals surface area contributed by atoms with Crippen LogP contribution >= 0.6 is 0 Å². The van der Waals surface area contributed by atoms with Gasteiger partial charge in [-0.25, -0.2) is 4.39 Å². The maximum Gasteiger partial charge on any atom is 0.144 e. The first-order valence-electron chi connectivity index (χ1n) is 11.8. The van der Waals surface area contributed by atoms with Gasteiger partial charge in [-0.05, 0) is 105 Å². The molecule has 1 N–H and O–H groups in total. The van der Waals surface area contributed by atoms with Crippen LogP contribution in [-0.4, -0.2) is 23.2 Å². The first-order valence-corrected chi connectivity index (χ1v) is 11.8. The van der Waals surface area contributed by atoms with Crippen LogP contribution in [0.2, 0.25) is 0 Å². The number of ketones is 1. The summed E-state index contributed by atoms with van der Waals surface area (Å²) < 4.78 is 18.8. The Hall–Kier alpha value is -1.16. The maximum absolute atomic E-state index is 13.3. The molecular weight excluding hydrogens is 367 g/mol. The molecule has 3 nitrogen and oxygen atoms in total. The van der Waals surface area contributed by atoms with E-state index in [0.29, 0.717) is 48.7 Å². The molecule has 4 aliphatic rings. The Kier molecular flexibility index (Phi) is 4.92. The molecule has 5 rings (SSSR count). The van der Waals surface area contributed by atoms with Gasteiger partial charge in [0.25, 0.3) is 0 Å². The first kappa shape index (κ1) is 19.8. The molecule has 8 atom stereocenters. The van der Waals surface area contributed by atoms with E-state index in [1.54, 1.807) is 6.26 Å². The number of hydrogen-bond acceptors (Lipinski definition) is 3. The number of carbonyl (C=O) groups is 1. The van der Waals surface area contributed by atoms with Crippen LogP contribution in [0.15, 0.2) is 22.8 Å². The van der Waals surface area contributed by atoms with Gasteiger partial charge in [-0.15, -0.1) is 0 Å². The molecule has 160 valence electrons. The molecular formula is C25H35FO3. The number of alkyl halides is 1. The van der Waals surface area contributed by atoms with E-state index in [2.05, 4.69) is 6.92 Å². The lowest BCUT2D eigenvalue weighted by Gasteiger charge is -2.57. The van der Waals surface area contributed by atoms with Crippen molar-refractivity contribution in [2.75, 3.05) is 6.67 Å². The topological polar surface area (TPSA) is 50.4 Å². The zero-order chi connectivity index (χ0) is 20.2. The number of carbonyl (C=O) groups excluding carboxylic acids is 1. The van der Waals surface area contributed by atoms with Crippen molar-refractivity contribution in [3.05, 3.63) is 24.2 Å². The van der Waals surface area contributed by atoms with Crippen molar-refractivity contribution in [1.29, 1.82) is 0 Å². The van der Waals surface area contributed by atoms with Crippen LogP contribution < -0.4 is 0 Å². The van der Waals surface area contributed by atoms with Crippen LogP contribution in [0.25, 0.3) is 0 Å². The van der Waals surface area contributed by atoms with E-state index in [-0.39, 0.29) is 11.3 Å². The largest absolute Gasteiger partial charge is 0.469 e. The smallest absolute Gasteiger partial charge is 0.144 e. The molecule has 1 aromatic heterocycles. The molecule has 4 aliphatic carbocycles. The molecule has 29 heavy (non-hydrogen) atoms. The Morgan fingerprint density at radius 1 is 1.14 bits per heavy atom. The van der Waals surface area contributed by atoms with Crippen molar-refractivity contribution >= 4 is 5.78 Å². The van der Waals surface area contributed by atoms with Crippen LogP contribution in [0.1, 0.15) is 70.5 Å². The van der Waals surface area contributed by atoms with Crippen LogP contribution in [0.4, 0.5) is 4.39 Å². The Bertz CT molecular complexity index is 745. The van der Waals surface area contributed by atoms with Crippen molar-refractivity contribution in [3.63, 3.8) is 0 Å². The molecule has 1 heterocycles. The number of fused-ring (bicyclic) bond motifs is 5. The van der Waals surface area contributed by atoms with Gasteiger partial charge in [-0.2, -0.15) is 0 Å². The van der Waals surface area contributed by atoms with Crippen molar-refractivity contribution in [2.45, 2.75) is 76.7 Å². The van der Waals surface area contributed by atoms with Crippen LogP contribution in [-0.2, 0) is 11.2 Å². The molecule has 0 saturated heterocycles. The number of aliphatic hydroxyl groups is 1. The van der Waals surface area contributed by atoms with Crippen LogP contribution in [0, 0.1) is 40.9 Å². The lowest BCUT2D eigenvalue weighted by atomic mass is 9.49. The van der Waals surface area contributed by atoms with Gasteiger partial charge in [0.15, 0.2) is 0 Å². The van der Waals surface area contributed by atoms with Gasteiger partial charge in [-0.1, -0.05) is 6.92 Å². The van der Waals surface area contributed by atoms with E-state index in [0.717, 1.165) is 37.4 Å². The minimum Gasteiger partial charge on any atom is -0.469 e. The first-order chi connectivity index (χ1) is 13.9. The highest BCUT2D eigenvalue weighted by Crippen LogP contribution is 2.64. The summed E-state index contributed by atoms with van der Waals surface area (Å²) in [4.78, 5) is 13.1. The van der Waals surface area contributed by atoms with Gasteiger partial charge in [-0.3, -0.25) is 4.79 Å². The lowest BCUT2D eigenvalue weighted by molar-refractivity contribution is -0.133. The van der Waals surface area contributed by atoms with Crippen LogP contribution in [0.5, 0.6) is 0 Å². The monoisotopic (exact) mass is 402 g/mol. The summed E-state index contributed by atoms with van der Waals surface area (Å²) in [5.41, 5.74) is -0.931. The predicted octanol–water partition coefficient (Wildman–Crippen LogP) is 5.36. The number of hydrogen-bond donors (Lipinski definition) is 1. The second-order valence-electron chi connectivity index (χ2n) is 10.9. The summed E-state index contributed by atoms with van der Waals surface area (Å²) in [6.07, 6.45) is 11.2. The fourth-order valence-electron chi connectivity index (χ4n) is 8.32. The van der Waals surface area contributed by atoms with Crippen molar-refractivity contribution in [2.24, 2.45) is 40.9 Å². The standard InChI is InChI=1S/C25H35FO3/c1-24-10-8-19-18-9-11-25(28,15-26)14-16(18)4-5-20(19)21(24)6-7-22(24)23(27)13-17-3-2-12-29-17/h2-3,12,16,18-22,28H,4-11,13-15H2,1H3/t16-,18-,19+,20+,21-,22+,24-,25+/m0/s1. The van der Waals surface area contributed by atoms with E-state index >= 15 is 0 Å². The summed E-state index contributed by atoms with van der Waals surface area (Å²) >= 11 is 0. The second kappa shape index (κ2) is 7.21. The number of halogens is 1. The third kappa shape index (κ3) is 3.21. The van der Waals surface area contributed by atoms with Crippen molar-refractivity contribution in [3.8, 4) is 0 Å². The van der Waals surface area contributed by atoms with Gasteiger partial charge in [0.05, 0.1) is 18.3 Å². The molecule has 4 fully saturated rings. The fraction of sp³-hybridized carbons (Fsp3) is 0.800. The average Bonchev–Trinajstić information content (AvgIpc) is 3.34. The van der Waals surface area contributed by atoms with E-state index in [1.165, 1.54) is 19.3 Å². The summed E-state index contributed by atoms with van der Waals surface area (Å²) in [5, 5.41) is 10.5. The van der Waals surface area contributed by atoms with E-state index in [1.807, 2.05) is 12.1 Å². The van der Waals surface area contributed by atoms with Gasteiger partial charge >= 0.3 is 0 Å². The molecule has 0 radical (unpaired) electrons. The molecule has 4 saturated carbocycles. The molecule has 0 aliphatic heterocycles. The third-order valence-electron chi connectivity index (χ3n) is 9.67. The van der Waals surface area contributed by atoms with Crippen molar-refractivity contribution < 1.29 is 18.7 Å². The number of rotatable bonds is 4. The fourth-order valence-corrected chi connectivity index (χ4v) is 8.32. The Balaban J connectivity index is 1.31. The minimum absolute atomic E-state index is 0.131. The number of Topliss-reactive ketones (excluding diaryl/α,β-unsaturated/α-hetero) is 1. The Morgan fingerprint density at radius 3 is 2.72 bits per heavy atom. The quantitative estimate of drug-likeness (QED) is 0.737. The highest BCUT2D eigenvalue weighted by Gasteiger charge is 2.58. The van der Waals surface area contributed by atoms with Gasteiger partial charge < -0.3 is 9.52 Å². The SMILES string of the molecule is C[C@]12CC[C@H]3[C@@H](CC[C@H]4C[C@@](O)(CF)CC[C@@H]43)[C@@H]1CC[C@@H]2C(=O)Cc1ccco1. The normalized spacial score (nSPS) is 46.6. The number of furan rings is 1. The molecule has 0 aromatic carbocycles. The summed E-state index contributed by atoms with van der Waals surface area (Å²) in [7, 11) is 0.